The highest BCUT2D eigenvalue weighted by Gasteiger charge is 2.27. The minimum absolute atomic E-state index is 0.259. The maximum absolute atomic E-state index is 12.1. The Balaban J connectivity index is 1.62. The van der Waals surface area contributed by atoms with E-state index in [0.717, 1.165) is 11.4 Å². The monoisotopic (exact) mass is 377 g/mol. The zero-order chi connectivity index (χ0) is 19.5. The fourth-order valence-electron chi connectivity index (χ4n) is 3.00. The second-order valence-electron chi connectivity index (χ2n) is 6.46. The molecule has 4 rings (SSSR count). The van der Waals surface area contributed by atoms with Crippen LogP contribution in [0.1, 0.15) is 17.7 Å². The van der Waals surface area contributed by atoms with Gasteiger partial charge in [-0.3, -0.25) is 4.79 Å². The topological polar surface area (TPSA) is 86.4 Å². The molecule has 3 heterocycles. The number of nitrogens with one attached hydrogen (secondary N) is 1. The maximum atomic E-state index is 12.1. The number of hydrogen-bond acceptors (Lipinski definition) is 5. The molecule has 1 fully saturated rings. The highest BCUT2D eigenvalue weighted by molar-refractivity contribution is 5.91. The smallest absolute Gasteiger partial charge is 0.331 e. The summed E-state index contributed by atoms with van der Waals surface area (Å²) in [6, 6.07) is 13.3. The molecule has 1 amide bonds. The number of furan rings is 1. The molecule has 0 aliphatic carbocycles. The number of aryl methyl sites for hydroxylation is 1. The van der Waals surface area contributed by atoms with Gasteiger partial charge < -0.3 is 14.5 Å². The van der Waals surface area contributed by atoms with Gasteiger partial charge in [0.2, 0.25) is 0 Å². The fourth-order valence-corrected chi connectivity index (χ4v) is 3.00. The van der Waals surface area contributed by atoms with Gasteiger partial charge in [-0.25, -0.2) is 9.48 Å². The molecule has 7 nitrogen and oxygen atoms in total. The molecular formula is C21H19N3O4. The van der Waals surface area contributed by atoms with E-state index in [1.165, 1.54) is 6.08 Å². The lowest BCUT2D eigenvalue weighted by Gasteiger charge is -2.06. The van der Waals surface area contributed by atoms with Gasteiger partial charge in [-0.2, -0.15) is 5.10 Å². The van der Waals surface area contributed by atoms with Gasteiger partial charge in [0, 0.05) is 30.8 Å². The van der Waals surface area contributed by atoms with Crippen molar-refractivity contribution in [2.24, 2.45) is 0 Å². The van der Waals surface area contributed by atoms with Gasteiger partial charge >= 0.3 is 5.97 Å². The molecular weight excluding hydrogens is 358 g/mol. The first-order valence-corrected chi connectivity index (χ1v) is 8.98. The summed E-state index contributed by atoms with van der Waals surface area (Å²) < 4.78 is 12.6. The lowest BCUT2D eigenvalue weighted by atomic mass is 10.2. The molecule has 1 N–H and O–H groups in total. The van der Waals surface area contributed by atoms with Crippen molar-refractivity contribution in [1.29, 1.82) is 0 Å². The van der Waals surface area contributed by atoms with Crippen LogP contribution < -0.4 is 5.32 Å². The number of aromatic nitrogens is 2. The molecule has 142 valence electrons. The number of para-hydroxylation sites is 1. The molecule has 1 aliphatic heterocycles. The van der Waals surface area contributed by atoms with Crippen molar-refractivity contribution in [2.45, 2.75) is 19.4 Å². The first-order chi connectivity index (χ1) is 13.6. The maximum Gasteiger partial charge on any atom is 0.331 e. The van der Waals surface area contributed by atoms with Crippen LogP contribution in [0.5, 0.6) is 0 Å². The van der Waals surface area contributed by atoms with Crippen molar-refractivity contribution in [3.8, 4) is 17.1 Å². The van der Waals surface area contributed by atoms with Crippen LogP contribution in [-0.2, 0) is 14.3 Å². The zero-order valence-corrected chi connectivity index (χ0v) is 15.3. The number of carbonyl (C=O) groups is 2. The van der Waals surface area contributed by atoms with E-state index in [-0.39, 0.29) is 5.91 Å². The summed E-state index contributed by atoms with van der Waals surface area (Å²) in [7, 11) is 0. The van der Waals surface area contributed by atoms with Gasteiger partial charge in [-0.15, -0.1) is 0 Å². The van der Waals surface area contributed by atoms with Crippen LogP contribution in [0, 0.1) is 6.92 Å². The molecule has 1 atom stereocenters. The Kier molecular flexibility index (Phi) is 4.80. The summed E-state index contributed by atoms with van der Waals surface area (Å²) in [6.07, 6.45) is 4.50. The van der Waals surface area contributed by atoms with E-state index < -0.39 is 12.1 Å². The van der Waals surface area contributed by atoms with Gasteiger partial charge in [-0.05, 0) is 37.3 Å². The molecule has 0 bridgehead atoms. The first kappa shape index (κ1) is 17.8. The number of nitrogens with zero attached hydrogens (tertiary/aromatic N) is 2. The van der Waals surface area contributed by atoms with E-state index in [2.05, 4.69) is 10.4 Å². The molecule has 1 aromatic carbocycles. The van der Waals surface area contributed by atoms with Crippen molar-refractivity contribution < 1.29 is 18.7 Å². The van der Waals surface area contributed by atoms with Gasteiger partial charge in [0.1, 0.15) is 11.5 Å². The van der Waals surface area contributed by atoms with E-state index >= 15 is 0 Å². The third kappa shape index (κ3) is 3.73. The van der Waals surface area contributed by atoms with Crippen LogP contribution in [-0.4, -0.2) is 34.3 Å². The SMILES string of the molecule is Cc1ccc(-c2nn(-c3ccccc3)cc2/C=C/C(=O)O[C@H]2CCNC2=O)o1. The van der Waals surface area contributed by atoms with Crippen LogP contribution in [0.15, 0.2) is 59.2 Å². The summed E-state index contributed by atoms with van der Waals surface area (Å²) in [5.41, 5.74) is 2.20. The van der Waals surface area contributed by atoms with E-state index in [1.54, 1.807) is 10.8 Å². The predicted molar refractivity (Wildman–Crippen MR) is 103 cm³/mol. The Morgan fingerprint density at radius 2 is 2.11 bits per heavy atom. The Morgan fingerprint density at radius 1 is 1.29 bits per heavy atom. The number of carbonyl (C=O) groups excluding carboxylic acids is 2. The highest BCUT2D eigenvalue weighted by atomic mass is 16.5. The Bertz CT molecular complexity index is 1030. The van der Waals surface area contributed by atoms with Gasteiger partial charge in [-0.1, -0.05) is 18.2 Å². The van der Waals surface area contributed by atoms with E-state index in [9.17, 15) is 9.59 Å². The number of benzene rings is 1. The third-order valence-corrected chi connectivity index (χ3v) is 4.39. The van der Waals surface area contributed by atoms with Gasteiger partial charge in [0.05, 0.1) is 5.69 Å². The average molecular weight is 377 g/mol. The lowest BCUT2D eigenvalue weighted by molar-refractivity contribution is -0.149. The standard InChI is InChI=1S/C21H19N3O4/c1-14-7-9-17(27-14)20-15(13-24(23-20)16-5-3-2-4-6-16)8-10-19(25)28-18-11-12-22-21(18)26/h2-10,13,18H,11-12H2,1H3,(H,22,26)/b10-8+/t18-/m0/s1. The summed E-state index contributed by atoms with van der Waals surface area (Å²) in [6.45, 7) is 2.38. The van der Waals surface area contributed by atoms with Crippen LogP contribution in [0.25, 0.3) is 23.2 Å². The summed E-state index contributed by atoms with van der Waals surface area (Å²) in [5, 5.41) is 7.25. The molecule has 3 aromatic rings. The number of amides is 1. The minimum Gasteiger partial charge on any atom is -0.460 e. The largest absolute Gasteiger partial charge is 0.460 e. The molecule has 2 aromatic heterocycles. The summed E-state index contributed by atoms with van der Waals surface area (Å²) in [5.74, 6) is 0.544. The van der Waals surface area contributed by atoms with Crippen LogP contribution in [0.4, 0.5) is 0 Å². The number of esters is 1. The zero-order valence-electron chi connectivity index (χ0n) is 15.3. The van der Waals surface area contributed by atoms with Crippen molar-refractivity contribution in [1.82, 2.24) is 15.1 Å². The minimum atomic E-state index is -0.726. The van der Waals surface area contributed by atoms with Crippen LogP contribution >= 0.6 is 0 Å². The summed E-state index contributed by atoms with van der Waals surface area (Å²) >= 11 is 0. The second kappa shape index (κ2) is 7.56. The normalized spacial score (nSPS) is 16.5. The Hall–Kier alpha value is -3.61. The van der Waals surface area contributed by atoms with Crippen molar-refractivity contribution >= 4 is 18.0 Å². The molecule has 0 saturated carbocycles. The predicted octanol–water partition coefficient (Wildman–Crippen LogP) is 2.89. The third-order valence-electron chi connectivity index (χ3n) is 4.39. The van der Waals surface area contributed by atoms with Gasteiger partial charge in [0.15, 0.2) is 11.9 Å². The van der Waals surface area contributed by atoms with Gasteiger partial charge in [0.25, 0.3) is 5.91 Å². The van der Waals surface area contributed by atoms with E-state index in [4.69, 9.17) is 9.15 Å². The molecule has 0 spiro atoms. The summed E-state index contributed by atoms with van der Waals surface area (Å²) in [4.78, 5) is 23.7. The number of hydrogen-bond donors (Lipinski definition) is 1. The highest BCUT2D eigenvalue weighted by Crippen LogP contribution is 2.26. The average Bonchev–Trinajstić information content (AvgIpc) is 3.41. The molecule has 0 unspecified atom stereocenters. The Labute approximate surface area is 161 Å². The quantitative estimate of drug-likeness (QED) is 0.546. The van der Waals surface area contributed by atoms with E-state index in [0.29, 0.717) is 30.0 Å². The number of ether oxygens (including phenoxy) is 1. The second-order valence-corrected chi connectivity index (χ2v) is 6.46. The fraction of sp³-hybridized carbons (Fsp3) is 0.190. The molecule has 1 saturated heterocycles. The molecule has 7 heteroatoms. The van der Waals surface area contributed by atoms with Crippen molar-refractivity contribution in [3.63, 3.8) is 0 Å². The Morgan fingerprint density at radius 3 is 2.79 bits per heavy atom. The number of rotatable bonds is 5. The first-order valence-electron chi connectivity index (χ1n) is 8.98. The van der Waals surface area contributed by atoms with Crippen molar-refractivity contribution in [3.05, 3.63) is 66.1 Å². The van der Waals surface area contributed by atoms with Crippen LogP contribution in [0.3, 0.4) is 0 Å². The molecule has 1 aliphatic rings. The molecule has 0 radical (unpaired) electrons. The van der Waals surface area contributed by atoms with Crippen molar-refractivity contribution in [2.75, 3.05) is 6.54 Å². The lowest BCUT2D eigenvalue weighted by Crippen LogP contribution is -2.27. The van der Waals surface area contributed by atoms with E-state index in [1.807, 2.05) is 55.6 Å². The van der Waals surface area contributed by atoms with Crippen LogP contribution in [0.2, 0.25) is 0 Å². The molecule has 28 heavy (non-hydrogen) atoms.